The fourth-order valence-electron chi connectivity index (χ4n) is 3.71. The quantitative estimate of drug-likeness (QED) is 0.906. The van der Waals surface area contributed by atoms with Gasteiger partial charge in [-0.2, -0.15) is 0 Å². The van der Waals surface area contributed by atoms with Gasteiger partial charge in [0.05, 0.1) is 0 Å². The number of rotatable bonds is 2. The molecule has 0 saturated heterocycles. The van der Waals surface area contributed by atoms with Crippen molar-refractivity contribution in [2.45, 2.75) is 31.8 Å². The lowest BCUT2D eigenvalue weighted by atomic mass is 9.77. The Kier molecular flexibility index (Phi) is 3.19. The molecule has 0 aromatic heterocycles. The summed E-state index contributed by atoms with van der Waals surface area (Å²) in [5.74, 6) is 0.694. The summed E-state index contributed by atoms with van der Waals surface area (Å²) in [6.45, 7) is 5.50. The molecule has 0 fully saturated rings. The van der Waals surface area contributed by atoms with Gasteiger partial charge in [0, 0.05) is 37.3 Å². The zero-order chi connectivity index (χ0) is 14.2. The Morgan fingerprint density at radius 1 is 1.05 bits per heavy atom. The second-order valence-corrected chi connectivity index (χ2v) is 6.42. The van der Waals surface area contributed by atoms with Gasteiger partial charge in [0.1, 0.15) is 0 Å². The van der Waals surface area contributed by atoms with E-state index in [-0.39, 0.29) is 0 Å². The van der Waals surface area contributed by atoms with Crippen LogP contribution in [0.4, 0.5) is 5.69 Å². The second-order valence-electron chi connectivity index (χ2n) is 6.42. The molecule has 2 nitrogen and oxygen atoms in total. The molecular formula is C19H22N2. The molecule has 1 N–H and O–H groups in total. The Morgan fingerprint density at radius 2 is 1.81 bits per heavy atom. The molecule has 0 amide bonds. The maximum atomic E-state index is 3.62. The molecule has 1 aliphatic heterocycles. The predicted octanol–water partition coefficient (Wildman–Crippen LogP) is 3.32. The minimum atomic E-state index is 0.535. The predicted molar refractivity (Wildman–Crippen MR) is 87.8 cm³/mol. The topological polar surface area (TPSA) is 15.3 Å². The first-order valence-corrected chi connectivity index (χ1v) is 7.95. The first kappa shape index (κ1) is 12.9. The van der Waals surface area contributed by atoms with Crippen molar-refractivity contribution in [3.63, 3.8) is 0 Å². The van der Waals surface area contributed by atoms with Crippen molar-refractivity contribution in [3.8, 4) is 0 Å². The largest absolute Gasteiger partial charge is 0.369 e. The maximum Gasteiger partial charge on any atom is 0.0412 e. The molecule has 0 bridgehead atoms. The number of benzene rings is 2. The smallest absolute Gasteiger partial charge is 0.0412 e. The molecule has 1 aliphatic carbocycles. The van der Waals surface area contributed by atoms with Gasteiger partial charge in [-0.1, -0.05) is 42.5 Å². The summed E-state index contributed by atoms with van der Waals surface area (Å²) in [7, 11) is 0. The zero-order valence-corrected chi connectivity index (χ0v) is 12.5. The lowest BCUT2D eigenvalue weighted by Gasteiger charge is -2.36. The van der Waals surface area contributed by atoms with Crippen LogP contribution in [-0.2, 0) is 13.0 Å². The van der Waals surface area contributed by atoms with E-state index >= 15 is 0 Å². The normalized spacial score (nSPS) is 23.8. The Labute approximate surface area is 126 Å². The lowest BCUT2D eigenvalue weighted by molar-refractivity contribution is 0.524. The van der Waals surface area contributed by atoms with Crippen LogP contribution >= 0.6 is 0 Å². The molecular weight excluding hydrogens is 256 g/mol. The van der Waals surface area contributed by atoms with Crippen LogP contribution in [0.3, 0.4) is 0 Å². The average molecular weight is 278 g/mol. The van der Waals surface area contributed by atoms with Crippen LogP contribution in [-0.4, -0.2) is 19.1 Å². The van der Waals surface area contributed by atoms with Crippen LogP contribution in [0.5, 0.6) is 0 Å². The van der Waals surface area contributed by atoms with Crippen LogP contribution in [0.25, 0.3) is 0 Å². The van der Waals surface area contributed by atoms with E-state index in [1.165, 1.54) is 23.2 Å². The fraction of sp³-hybridized carbons (Fsp3) is 0.368. The third-order valence-electron chi connectivity index (χ3n) is 4.87. The molecule has 0 radical (unpaired) electrons. The van der Waals surface area contributed by atoms with Gasteiger partial charge >= 0.3 is 0 Å². The number of nitrogens with one attached hydrogen (secondary N) is 1. The zero-order valence-electron chi connectivity index (χ0n) is 12.5. The number of anilines is 1. The highest BCUT2D eigenvalue weighted by Gasteiger charge is 2.29. The fourth-order valence-corrected chi connectivity index (χ4v) is 3.71. The van der Waals surface area contributed by atoms with Crippen LogP contribution in [0, 0.1) is 0 Å². The summed E-state index contributed by atoms with van der Waals surface area (Å²) < 4.78 is 0. The van der Waals surface area contributed by atoms with Crippen molar-refractivity contribution in [1.29, 1.82) is 0 Å². The molecule has 0 saturated carbocycles. The number of hydrogen-bond acceptors (Lipinski definition) is 2. The summed E-state index contributed by atoms with van der Waals surface area (Å²) >= 11 is 0. The molecule has 2 aromatic carbocycles. The average Bonchev–Trinajstić information content (AvgIpc) is 2.65. The lowest BCUT2D eigenvalue weighted by Crippen LogP contribution is -2.40. The van der Waals surface area contributed by atoms with Gasteiger partial charge in [-0.25, -0.2) is 0 Å². The third kappa shape index (κ3) is 2.34. The number of fused-ring (bicyclic) bond motifs is 2. The number of nitrogens with zero attached hydrogens (tertiary/aromatic N) is 1. The first-order chi connectivity index (χ1) is 10.3. The highest BCUT2D eigenvalue weighted by Crippen LogP contribution is 2.37. The molecule has 1 heterocycles. The molecule has 0 spiro atoms. The Hall–Kier alpha value is -1.80. The summed E-state index contributed by atoms with van der Waals surface area (Å²) in [4.78, 5) is 2.58. The van der Waals surface area contributed by atoms with E-state index in [9.17, 15) is 0 Å². The Morgan fingerprint density at radius 3 is 2.67 bits per heavy atom. The van der Waals surface area contributed by atoms with Crippen LogP contribution in [0.1, 0.15) is 29.5 Å². The van der Waals surface area contributed by atoms with Gasteiger partial charge in [-0.05, 0) is 36.1 Å². The Balaban J connectivity index is 1.60. The van der Waals surface area contributed by atoms with E-state index in [0.29, 0.717) is 12.0 Å². The SMILES string of the molecule is CC1CN(CC2Cc3ccccc32)c2ccccc2CN1. The molecule has 2 heteroatoms. The van der Waals surface area contributed by atoms with Gasteiger partial charge in [-0.3, -0.25) is 0 Å². The molecule has 2 unspecified atom stereocenters. The van der Waals surface area contributed by atoms with Crippen LogP contribution in [0.2, 0.25) is 0 Å². The van der Waals surface area contributed by atoms with Crippen LogP contribution in [0.15, 0.2) is 48.5 Å². The van der Waals surface area contributed by atoms with Gasteiger partial charge in [0.2, 0.25) is 0 Å². The van der Waals surface area contributed by atoms with Gasteiger partial charge < -0.3 is 10.2 Å². The summed E-state index contributed by atoms with van der Waals surface area (Å²) in [6.07, 6.45) is 1.23. The van der Waals surface area contributed by atoms with E-state index in [1.54, 1.807) is 5.56 Å². The van der Waals surface area contributed by atoms with E-state index in [2.05, 4.69) is 65.7 Å². The summed E-state index contributed by atoms with van der Waals surface area (Å²) in [5.41, 5.74) is 5.94. The van der Waals surface area contributed by atoms with Crippen molar-refractivity contribution in [2.24, 2.45) is 0 Å². The summed E-state index contributed by atoms with van der Waals surface area (Å²) in [6, 6.07) is 18.3. The highest BCUT2D eigenvalue weighted by molar-refractivity contribution is 5.55. The second kappa shape index (κ2) is 5.19. The molecule has 21 heavy (non-hydrogen) atoms. The molecule has 2 aliphatic rings. The maximum absolute atomic E-state index is 3.62. The van der Waals surface area contributed by atoms with Crippen molar-refractivity contribution >= 4 is 5.69 Å². The number of para-hydroxylation sites is 1. The van der Waals surface area contributed by atoms with Crippen molar-refractivity contribution < 1.29 is 0 Å². The van der Waals surface area contributed by atoms with Gasteiger partial charge in [0.25, 0.3) is 0 Å². The van der Waals surface area contributed by atoms with E-state index in [1.807, 2.05) is 0 Å². The molecule has 4 rings (SSSR count). The van der Waals surface area contributed by atoms with Crippen molar-refractivity contribution in [3.05, 3.63) is 65.2 Å². The van der Waals surface area contributed by atoms with Crippen LogP contribution < -0.4 is 10.2 Å². The van der Waals surface area contributed by atoms with Gasteiger partial charge in [-0.15, -0.1) is 0 Å². The van der Waals surface area contributed by atoms with E-state index in [4.69, 9.17) is 0 Å². The highest BCUT2D eigenvalue weighted by atomic mass is 15.2. The minimum absolute atomic E-state index is 0.535. The summed E-state index contributed by atoms with van der Waals surface area (Å²) in [5, 5.41) is 3.62. The molecule has 108 valence electrons. The number of hydrogen-bond donors (Lipinski definition) is 1. The van der Waals surface area contributed by atoms with Gasteiger partial charge in [0.15, 0.2) is 0 Å². The monoisotopic (exact) mass is 278 g/mol. The Bertz CT molecular complexity index is 650. The van der Waals surface area contributed by atoms with Crippen molar-refractivity contribution in [1.82, 2.24) is 5.32 Å². The molecule has 2 aromatic rings. The minimum Gasteiger partial charge on any atom is -0.369 e. The standard InChI is InChI=1S/C19H22N2/c1-14-12-21(19-9-5-3-7-16(19)11-20-14)13-17-10-15-6-2-4-8-18(15)17/h2-9,14,17,20H,10-13H2,1H3. The third-order valence-corrected chi connectivity index (χ3v) is 4.87. The molecule has 2 atom stereocenters. The van der Waals surface area contributed by atoms with E-state index < -0.39 is 0 Å². The first-order valence-electron chi connectivity index (χ1n) is 7.95. The van der Waals surface area contributed by atoms with Crippen molar-refractivity contribution in [2.75, 3.05) is 18.0 Å². The van der Waals surface area contributed by atoms with E-state index in [0.717, 1.165) is 19.6 Å².